The average molecular weight is 442 g/mol. The van der Waals surface area contributed by atoms with Crippen molar-refractivity contribution in [2.75, 3.05) is 15.9 Å². The zero-order valence-electron chi connectivity index (χ0n) is 16.9. The van der Waals surface area contributed by atoms with Crippen LogP contribution >= 0.6 is 12.2 Å². The minimum absolute atomic E-state index is 0.0956. The van der Waals surface area contributed by atoms with Crippen molar-refractivity contribution in [3.63, 3.8) is 0 Å². The molecule has 9 heteroatoms. The van der Waals surface area contributed by atoms with E-state index in [4.69, 9.17) is 12.2 Å². The summed E-state index contributed by atoms with van der Waals surface area (Å²) in [4.78, 5) is 6.62. The molecular weight excluding hydrogens is 418 g/mol. The van der Waals surface area contributed by atoms with Gasteiger partial charge in [0, 0.05) is 31.3 Å². The van der Waals surface area contributed by atoms with Crippen LogP contribution in [0.25, 0.3) is 0 Å². The third-order valence-electron chi connectivity index (χ3n) is 5.08. The molecule has 1 aliphatic heterocycles. The number of benzene rings is 1. The fourth-order valence-corrected chi connectivity index (χ4v) is 4.76. The lowest BCUT2D eigenvalue weighted by molar-refractivity contribution is 0.567. The van der Waals surface area contributed by atoms with Crippen molar-refractivity contribution < 1.29 is 8.42 Å². The fraction of sp³-hybridized carbons (Fsp3) is 0.238. The van der Waals surface area contributed by atoms with Crippen molar-refractivity contribution in [1.82, 2.24) is 14.9 Å². The Morgan fingerprint density at radius 2 is 2.00 bits per heavy atom. The van der Waals surface area contributed by atoms with Crippen LogP contribution in [0.4, 0.5) is 11.4 Å². The second-order valence-electron chi connectivity index (χ2n) is 7.48. The summed E-state index contributed by atoms with van der Waals surface area (Å²) in [6.07, 6.45) is 7.01. The summed E-state index contributed by atoms with van der Waals surface area (Å²) in [5, 5.41) is 4.02. The van der Waals surface area contributed by atoms with E-state index in [2.05, 4.69) is 32.2 Å². The predicted octanol–water partition coefficient (Wildman–Crippen LogP) is 3.28. The summed E-state index contributed by atoms with van der Waals surface area (Å²) in [7, 11) is -1.36. The molecule has 3 aromatic rings. The number of hydrogen-bond acceptors (Lipinski definition) is 4. The van der Waals surface area contributed by atoms with Gasteiger partial charge >= 0.3 is 0 Å². The lowest BCUT2D eigenvalue weighted by Crippen LogP contribution is -2.29. The van der Waals surface area contributed by atoms with Crippen molar-refractivity contribution in [2.24, 2.45) is 7.05 Å². The molecule has 156 valence electrons. The number of nitrogens with one attached hydrogen (secondary N) is 2. The summed E-state index contributed by atoms with van der Waals surface area (Å²) in [5.41, 5.74) is 4.27. The topological polar surface area (TPSA) is 79.3 Å². The molecule has 2 aromatic heterocycles. The first-order valence-electron chi connectivity index (χ1n) is 9.44. The van der Waals surface area contributed by atoms with E-state index in [1.165, 1.54) is 0 Å². The van der Waals surface area contributed by atoms with Crippen molar-refractivity contribution >= 4 is 38.7 Å². The summed E-state index contributed by atoms with van der Waals surface area (Å²) in [6, 6.07) is 13.3. The van der Waals surface area contributed by atoms with Gasteiger partial charge in [0.05, 0.1) is 29.7 Å². The van der Waals surface area contributed by atoms with Gasteiger partial charge in [-0.2, -0.15) is 0 Å². The van der Waals surface area contributed by atoms with E-state index < -0.39 is 10.0 Å². The number of aromatic nitrogens is 2. The van der Waals surface area contributed by atoms with Crippen LogP contribution < -0.4 is 14.9 Å². The first-order chi connectivity index (χ1) is 14.2. The zero-order chi connectivity index (χ0) is 21.5. The number of sulfonamides is 1. The molecule has 0 amide bonds. The molecule has 0 radical (unpaired) electrons. The van der Waals surface area contributed by atoms with E-state index in [-0.39, 0.29) is 12.1 Å². The van der Waals surface area contributed by atoms with Gasteiger partial charge in [0.15, 0.2) is 5.11 Å². The van der Waals surface area contributed by atoms with Gasteiger partial charge in [-0.25, -0.2) is 8.42 Å². The van der Waals surface area contributed by atoms with Gasteiger partial charge in [0.25, 0.3) is 0 Å². The Morgan fingerprint density at radius 1 is 1.20 bits per heavy atom. The Labute approximate surface area is 181 Å². The van der Waals surface area contributed by atoms with Crippen LogP contribution in [0.5, 0.6) is 0 Å². The molecule has 0 bridgehead atoms. The van der Waals surface area contributed by atoms with Gasteiger partial charge < -0.3 is 14.8 Å². The lowest BCUT2D eigenvalue weighted by atomic mass is 9.98. The van der Waals surface area contributed by atoms with Gasteiger partial charge in [0.2, 0.25) is 10.0 Å². The van der Waals surface area contributed by atoms with Crippen LogP contribution in [0.3, 0.4) is 0 Å². The normalized spacial score (nSPS) is 19.0. The standard InChI is InChI=1S/C21H23N5O2S2/c1-14-12-16(7-8-17(14)24-30(3,27)28)26-20(15-9-11-25(2)13-15)19(23-21(26)29)18-6-4-5-10-22-18/h4-13,19-20,24H,1-3H3,(H,23,29)/t19-,20-/m1/s1. The average Bonchev–Trinajstić information content (AvgIpc) is 3.26. The highest BCUT2D eigenvalue weighted by molar-refractivity contribution is 7.92. The molecule has 7 nitrogen and oxygen atoms in total. The Kier molecular flexibility index (Phi) is 5.25. The zero-order valence-corrected chi connectivity index (χ0v) is 18.5. The van der Waals surface area contributed by atoms with Gasteiger partial charge in [-0.3, -0.25) is 9.71 Å². The third-order valence-corrected chi connectivity index (χ3v) is 5.98. The number of aryl methyl sites for hydroxylation is 2. The molecule has 0 unspecified atom stereocenters. The summed E-state index contributed by atoms with van der Waals surface area (Å²) < 4.78 is 27.8. The molecule has 1 aliphatic rings. The van der Waals surface area contributed by atoms with Gasteiger partial charge in [-0.1, -0.05) is 6.07 Å². The third kappa shape index (κ3) is 4.03. The van der Waals surface area contributed by atoms with Crippen molar-refractivity contribution in [3.05, 3.63) is 77.9 Å². The molecule has 1 fully saturated rings. The quantitative estimate of drug-likeness (QED) is 0.592. The van der Waals surface area contributed by atoms with Gasteiger partial charge in [-0.15, -0.1) is 0 Å². The van der Waals surface area contributed by atoms with Crippen molar-refractivity contribution in [1.29, 1.82) is 0 Å². The first-order valence-corrected chi connectivity index (χ1v) is 11.7. The molecule has 2 N–H and O–H groups in total. The summed E-state index contributed by atoms with van der Waals surface area (Å²) >= 11 is 5.72. The van der Waals surface area contributed by atoms with E-state index in [1.807, 2.05) is 55.1 Å². The number of thiocarbonyl (C=S) groups is 1. The number of rotatable bonds is 5. The van der Waals surface area contributed by atoms with Crippen molar-refractivity contribution in [2.45, 2.75) is 19.0 Å². The van der Waals surface area contributed by atoms with Crippen LogP contribution in [-0.2, 0) is 17.1 Å². The smallest absolute Gasteiger partial charge is 0.229 e. The second-order valence-corrected chi connectivity index (χ2v) is 9.62. The summed E-state index contributed by atoms with van der Waals surface area (Å²) in [6.45, 7) is 1.87. The molecular formula is C21H23N5O2S2. The summed E-state index contributed by atoms with van der Waals surface area (Å²) in [5.74, 6) is 0. The van der Waals surface area contributed by atoms with Gasteiger partial charge in [0.1, 0.15) is 0 Å². The number of hydrogen-bond donors (Lipinski definition) is 2. The molecule has 4 rings (SSSR count). The molecule has 1 saturated heterocycles. The largest absolute Gasteiger partial charge is 0.357 e. The van der Waals surface area contributed by atoms with E-state index >= 15 is 0 Å². The predicted molar refractivity (Wildman–Crippen MR) is 123 cm³/mol. The van der Waals surface area contributed by atoms with Crippen LogP contribution in [0.2, 0.25) is 0 Å². The second kappa shape index (κ2) is 7.73. The minimum Gasteiger partial charge on any atom is -0.357 e. The van der Waals surface area contributed by atoms with Crippen molar-refractivity contribution in [3.8, 4) is 0 Å². The van der Waals surface area contributed by atoms with Crippen LogP contribution in [0.15, 0.2) is 61.1 Å². The number of pyridine rings is 1. The van der Waals surface area contributed by atoms with E-state index in [0.29, 0.717) is 10.8 Å². The molecule has 30 heavy (non-hydrogen) atoms. The van der Waals surface area contributed by atoms with Crippen LogP contribution in [0.1, 0.15) is 28.9 Å². The number of nitrogens with zero attached hydrogens (tertiary/aromatic N) is 3. The highest BCUT2D eigenvalue weighted by Gasteiger charge is 2.41. The van der Waals surface area contributed by atoms with Gasteiger partial charge in [-0.05, 0) is 66.7 Å². The molecule has 0 aliphatic carbocycles. The Bertz CT molecular complexity index is 1190. The van der Waals surface area contributed by atoms with Crippen LogP contribution in [0, 0.1) is 6.92 Å². The Morgan fingerprint density at radius 3 is 2.60 bits per heavy atom. The fourth-order valence-electron chi connectivity index (χ4n) is 3.78. The van der Waals surface area contributed by atoms with E-state index in [9.17, 15) is 8.42 Å². The molecule has 3 heterocycles. The maximum atomic E-state index is 11.6. The van der Waals surface area contributed by atoms with E-state index in [1.54, 1.807) is 12.3 Å². The minimum atomic E-state index is -3.35. The first kappa shape index (κ1) is 20.4. The van der Waals surface area contributed by atoms with E-state index in [0.717, 1.165) is 28.8 Å². The lowest BCUT2D eigenvalue weighted by Gasteiger charge is -2.28. The molecule has 2 atom stereocenters. The number of anilines is 2. The SMILES string of the molecule is Cc1cc(N2C(=S)N[C@H](c3ccccn3)[C@H]2c2ccn(C)c2)ccc1NS(C)(=O)=O. The molecule has 0 spiro atoms. The maximum absolute atomic E-state index is 11.6. The Hall–Kier alpha value is -2.91. The van der Waals surface area contributed by atoms with Crippen LogP contribution in [-0.4, -0.2) is 29.3 Å². The molecule has 1 aromatic carbocycles. The highest BCUT2D eigenvalue weighted by atomic mass is 32.2. The monoisotopic (exact) mass is 441 g/mol. The molecule has 0 saturated carbocycles. The Balaban J connectivity index is 1.77. The maximum Gasteiger partial charge on any atom is 0.229 e. The highest BCUT2D eigenvalue weighted by Crippen LogP contribution is 2.42.